The molecule has 0 unspecified atom stereocenters. The number of aromatic nitrogens is 6. The van der Waals surface area contributed by atoms with Gasteiger partial charge in [-0.1, -0.05) is 17.7 Å². The second-order valence-electron chi connectivity index (χ2n) is 13.1. The van der Waals surface area contributed by atoms with E-state index in [1.54, 1.807) is 54.6 Å². The lowest BCUT2D eigenvalue weighted by Crippen LogP contribution is -2.18. The van der Waals surface area contributed by atoms with Crippen LogP contribution in [0.1, 0.15) is 44.5 Å². The van der Waals surface area contributed by atoms with Crippen LogP contribution in [-0.4, -0.2) is 43.0 Å². The zero-order valence-corrected chi connectivity index (χ0v) is 32.0. The highest BCUT2D eigenvalue weighted by Crippen LogP contribution is 2.28. The molecule has 15 nitrogen and oxygen atoms in total. The van der Waals surface area contributed by atoms with Gasteiger partial charge in [0.1, 0.15) is 0 Å². The Morgan fingerprint density at radius 1 is 0.491 bits per heavy atom. The molecular weight excluding hydrogens is 715 g/mol. The molecule has 0 radical (unpaired) electrons. The van der Waals surface area contributed by atoms with E-state index in [0.717, 1.165) is 44.8 Å². The summed E-state index contributed by atoms with van der Waals surface area (Å²) in [7, 11) is 0. The summed E-state index contributed by atoms with van der Waals surface area (Å²) in [5, 5.41) is 47.1. The maximum absolute atomic E-state index is 9.23. The molecule has 2 aromatic heterocycles. The first kappa shape index (κ1) is 38.6. The van der Waals surface area contributed by atoms with Crippen molar-refractivity contribution < 1.29 is 0 Å². The molecule has 282 valence electrons. The molecule has 0 fully saturated rings. The van der Waals surface area contributed by atoms with E-state index >= 15 is 0 Å². The van der Waals surface area contributed by atoms with E-state index in [1.807, 2.05) is 45.9 Å². The number of hydrogen-bond donors (Lipinski definition) is 6. The summed E-state index contributed by atoms with van der Waals surface area (Å²) in [5.74, 6) is 1.87. The Hall–Kier alpha value is -8.09. The second-order valence-corrected chi connectivity index (χ2v) is 13.1. The van der Waals surface area contributed by atoms with Crippen molar-refractivity contribution in [3.8, 4) is 18.2 Å². The Bertz CT molecular complexity index is 2510. The average Bonchev–Trinajstić information content (AvgIpc) is 3.19. The first-order chi connectivity index (χ1) is 27.6. The molecule has 0 saturated carbocycles. The van der Waals surface area contributed by atoms with Crippen molar-refractivity contribution in [1.29, 1.82) is 15.8 Å². The van der Waals surface area contributed by atoms with Gasteiger partial charge in [0.2, 0.25) is 35.7 Å². The van der Waals surface area contributed by atoms with Crippen molar-refractivity contribution in [2.24, 2.45) is 0 Å². The highest BCUT2D eigenvalue weighted by Gasteiger charge is 2.14. The fraction of sp³-hybridized carbons (Fsp3) is 0.167. The first-order valence-electron chi connectivity index (χ1n) is 17.9. The molecule has 6 aromatic rings. The van der Waals surface area contributed by atoms with E-state index in [1.165, 1.54) is 6.08 Å². The van der Waals surface area contributed by atoms with Crippen LogP contribution >= 0.6 is 0 Å². The molecule has 6 rings (SSSR count). The molecule has 57 heavy (non-hydrogen) atoms. The van der Waals surface area contributed by atoms with Crippen molar-refractivity contribution in [3.63, 3.8) is 0 Å². The van der Waals surface area contributed by atoms with Crippen LogP contribution in [0.4, 0.5) is 58.4 Å². The minimum Gasteiger partial charge on any atom is -0.352 e. The van der Waals surface area contributed by atoms with Gasteiger partial charge < -0.3 is 31.9 Å². The van der Waals surface area contributed by atoms with Crippen molar-refractivity contribution in [3.05, 3.63) is 123 Å². The van der Waals surface area contributed by atoms with Crippen molar-refractivity contribution in [2.45, 2.75) is 34.6 Å². The van der Waals surface area contributed by atoms with E-state index in [4.69, 9.17) is 5.26 Å². The molecule has 15 heteroatoms. The molecule has 0 saturated heterocycles. The molecule has 0 spiro atoms. The second kappa shape index (κ2) is 17.8. The summed E-state index contributed by atoms with van der Waals surface area (Å²) in [6.07, 6.45) is 3.20. The van der Waals surface area contributed by atoms with E-state index in [2.05, 4.69) is 93.0 Å². The number of hydrogen-bond acceptors (Lipinski definition) is 15. The number of nitriles is 3. The molecule has 0 bridgehead atoms. The molecule has 0 aliphatic rings. The minimum atomic E-state index is 0.282. The zero-order valence-electron chi connectivity index (χ0n) is 32.0. The van der Waals surface area contributed by atoms with Gasteiger partial charge in [-0.3, -0.25) is 0 Å². The minimum absolute atomic E-state index is 0.282. The van der Waals surface area contributed by atoms with Gasteiger partial charge in [0.15, 0.2) is 0 Å². The number of nitrogens with zero attached hydrogens (tertiary/aromatic N) is 9. The van der Waals surface area contributed by atoms with E-state index < -0.39 is 0 Å². The van der Waals surface area contributed by atoms with Crippen LogP contribution in [0.25, 0.3) is 6.08 Å². The molecule has 6 N–H and O–H groups in total. The van der Waals surface area contributed by atoms with Crippen LogP contribution in [0.15, 0.2) is 78.9 Å². The zero-order chi connectivity index (χ0) is 40.3. The number of benzene rings is 4. The van der Waals surface area contributed by atoms with Gasteiger partial charge in [-0.25, -0.2) is 0 Å². The van der Waals surface area contributed by atoms with Crippen LogP contribution < -0.4 is 31.9 Å². The van der Waals surface area contributed by atoms with Crippen LogP contribution in [0, 0.1) is 68.6 Å². The largest absolute Gasteiger partial charge is 0.352 e. The molecule has 4 aromatic carbocycles. The van der Waals surface area contributed by atoms with Crippen LogP contribution in [0.5, 0.6) is 0 Å². The van der Waals surface area contributed by atoms with Crippen molar-refractivity contribution >= 4 is 64.5 Å². The maximum Gasteiger partial charge on any atom is 0.233 e. The van der Waals surface area contributed by atoms with Gasteiger partial charge in [0, 0.05) is 41.9 Å². The van der Waals surface area contributed by atoms with Gasteiger partial charge in [0.05, 0.1) is 29.3 Å². The molecular formula is C42H39N15. The van der Waals surface area contributed by atoms with Crippen molar-refractivity contribution in [2.75, 3.05) is 45.0 Å². The van der Waals surface area contributed by atoms with Crippen LogP contribution in [-0.2, 0) is 0 Å². The monoisotopic (exact) mass is 753 g/mol. The van der Waals surface area contributed by atoms with E-state index in [-0.39, 0.29) is 5.95 Å². The molecule has 2 heterocycles. The Kier molecular flexibility index (Phi) is 12.1. The molecule has 0 aliphatic carbocycles. The van der Waals surface area contributed by atoms with Gasteiger partial charge in [-0.15, -0.1) is 0 Å². The van der Waals surface area contributed by atoms with Gasteiger partial charge in [-0.05, 0) is 129 Å². The predicted molar refractivity (Wildman–Crippen MR) is 223 cm³/mol. The summed E-state index contributed by atoms with van der Waals surface area (Å²) < 4.78 is 0. The van der Waals surface area contributed by atoms with E-state index in [0.29, 0.717) is 65.3 Å². The number of anilines is 10. The average molecular weight is 754 g/mol. The highest BCUT2D eigenvalue weighted by atomic mass is 15.3. The number of allylic oxidation sites excluding steroid dienone is 1. The number of rotatable bonds is 14. The lowest BCUT2D eigenvalue weighted by Gasteiger charge is -2.16. The Balaban J connectivity index is 1.22. The highest BCUT2D eigenvalue weighted by molar-refractivity contribution is 5.69. The van der Waals surface area contributed by atoms with Crippen LogP contribution in [0.2, 0.25) is 0 Å². The Morgan fingerprint density at radius 3 is 1.25 bits per heavy atom. The fourth-order valence-electron chi connectivity index (χ4n) is 6.02. The van der Waals surface area contributed by atoms with Gasteiger partial charge in [0.25, 0.3) is 0 Å². The first-order valence-corrected chi connectivity index (χ1v) is 17.9. The molecule has 0 aliphatic heterocycles. The van der Waals surface area contributed by atoms with Crippen LogP contribution in [0.3, 0.4) is 0 Å². The Labute approximate surface area is 330 Å². The molecule has 0 amide bonds. The van der Waals surface area contributed by atoms with Gasteiger partial charge in [-0.2, -0.15) is 45.7 Å². The summed E-state index contributed by atoms with van der Waals surface area (Å²) in [6.45, 7) is 10.8. The topological polar surface area (TPSA) is 221 Å². The summed E-state index contributed by atoms with van der Waals surface area (Å²) >= 11 is 0. The fourth-order valence-corrected chi connectivity index (χ4v) is 6.02. The SMILES string of the molecule is Cc1cc(C)c(Nc2nc(NCCNc3nc(Nc4ccc(C#N)cc4)nc(Nc4c(C)cc(/C=C/C#N)cc4C)n3)nc(Nc3ccc(C#N)cc3)n2)c(C)c1. The Morgan fingerprint density at radius 2 is 0.860 bits per heavy atom. The summed E-state index contributed by atoms with van der Waals surface area (Å²) in [5.41, 5.74) is 10.3. The normalized spacial score (nSPS) is 10.6. The standard InChI is InChI=1S/C42H39N15/c1-25-19-26(2)35(27(3)20-25)50-41-54-37(52-39(56-41)48-33-12-8-30(23-44)9-13-33)46-17-18-47-38-53-40(49-34-14-10-31(24-45)11-15-34)57-42(55-38)51-36-28(4)21-32(7-6-16-43)22-29(36)5/h6-15,19-22H,17-18H2,1-5H3,(H3,46,48,50,52,54,56)(H3,47,49,51,53,55,57)/b7-6+. The third-order valence-electron chi connectivity index (χ3n) is 8.56. The number of nitrogens with one attached hydrogen (secondary N) is 6. The third-order valence-corrected chi connectivity index (χ3v) is 8.56. The number of aryl methyl sites for hydroxylation is 5. The van der Waals surface area contributed by atoms with Gasteiger partial charge >= 0.3 is 0 Å². The third kappa shape index (κ3) is 10.3. The predicted octanol–water partition coefficient (Wildman–Crippen LogP) is 8.38. The maximum atomic E-state index is 9.23. The molecule has 0 atom stereocenters. The lowest BCUT2D eigenvalue weighted by atomic mass is 10.0. The van der Waals surface area contributed by atoms with Crippen molar-refractivity contribution in [1.82, 2.24) is 29.9 Å². The van der Waals surface area contributed by atoms with E-state index in [9.17, 15) is 10.5 Å². The quantitative estimate of drug-likeness (QED) is 0.0454. The smallest absolute Gasteiger partial charge is 0.233 e. The lowest BCUT2D eigenvalue weighted by molar-refractivity contribution is 0.971. The summed E-state index contributed by atoms with van der Waals surface area (Å²) in [4.78, 5) is 27.8. The summed E-state index contributed by atoms with van der Waals surface area (Å²) in [6, 6.07) is 28.4.